The minimum absolute atomic E-state index is 0.372. The largest absolute Gasteiger partial charge is 0.389 e. The zero-order valence-corrected chi connectivity index (χ0v) is 9.49. The fraction of sp³-hybridized carbons (Fsp3) is 1.00. The van der Waals surface area contributed by atoms with E-state index >= 15 is 0 Å². The van der Waals surface area contributed by atoms with Gasteiger partial charge in [-0.1, -0.05) is 13.8 Å². The van der Waals surface area contributed by atoms with Gasteiger partial charge >= 0.3 is 0 Å². The van der Waals surface area contributed by atoms with Gasteiger partial charge in [0.15, 0.2) is 0 Å². The SMILES string of the molecule is COCC(O)CNC1CCC(C)C1C. The number of hydrogen-bond acceptors (Lipinski definition) is 3. The summed E-state index contributed by atoms with van der Waals surface area (Å²) in [6.07, 6.45) is 2.17. The van der Waals surface area contributed by atoms with E-state index in [0.717, 1.165) is 11.8 Å². The topological polar surface area (TPSA) is 41.5 Å². The third kappa shape index (κ3) is 3.23. The molecule has 3 nitrogen and oxygen atoms in total. The minimum atomic E-state index is -0.372. The van der Waals surface area contributed by atoms with Gasteiger partial charge in [-0.15, -0.1) is 0 Å². The number of ether oxygens (including phenoxy) is 1. The summed E-state index contributed by atoms with van der Waals surface area (Å²) in [5.41, 5.74) is 0. The first-order valence-corrected chi connectivity index (χ1v) is 5.55. The first kappa shape index (κ1) is 12.0. The second kappa shape index (κ2) is 5.69. The number of nitrogens with one attached hydrogen (secondary N) is 1. The van der Waals surface area contributed by atoms with Crippen molar-refractivity contribution in [2.75, 3.05) is 20.3 Å². The average Bonchev–Trinajstić information content (AvgIpc) is 2.46. The van der Waals surface area contributed by atoms with Gasteiger partial charge in [0.1, 0.15) is 0 Å². The van der Waals surface area contributed by atoms with Gasteiger partial charge in [-0.2, -0.15) is 0 Å². The molecule has 0 aromatic carbocycles. The number of aliphatic hydroxyl groups is 1. The van der Waals surface area contributed by atoms with Gasteiger partial charge in [-0.3, -0.25) is 0 Å². The summed E-state index contributed by atoms with van der Waals surface area (Å²) in [7, 11) is 1.61. The molecule has 0 radical (unpaired) electrons. The van der Waals surface area contributed by atoms with Crippen LogP contribution in [0.4, 0.5) is 0 Å². The molecule has 4 atom stereocenters. The van der Waals surface area contributed by atoms with Crippen LogP contribution in [0.15, 0.2) is 0 Å². The van der Waals surface area contributed by atoms with Gasteiger partial charge in [-0.05, 0) is 24.7 Å². The lowest BCUT2D eigenvalue weighted by molar-refractivity contribution is 0.0617. The van der Waals surface area contributed by atoms with Crippen LogP contribution >= 0.6 is 0 Å². The molecular weight excluding hydrogens is 178 g/mol. The highest BCUT2D eigenvalue weighted by atomic mass is 16.5. The Labute approximate surface area is 86.8 Å². The van der Waals surface area contributed by atoms with E-state index in [4.69, 9.17) is 4.74 Å². The van der Waals surface area contributed by atoms with Crippen molar-refractivity contribution < 1.29 is 9.84 Å². The van der Waals surface area contributed by atoms with Crippen LogP contribution in [0.25, 0.3) is 0 Å². The molecule has 1 rings (SSSR count). The quantitative estimate of drug-likeness (QED) is 0.698. The van der Waals surface area contributed by atoms with E-state index in [1.165, 1.54) is 12.8 Å². The van der Waals surface area contributed by atoms with E-state index in [2.05, 4.69) is 19.2 Å². The van der Waals surface area contributed by atoms with Gasteiger partial charge in [0.05, 0.1) is 12.7 Å². The van der Waals surface area contributed by atoms with Crippen LogP contribution in [-0.4, -0.2) is 37.5 Å². The Morgan fingerprint density at radius 2 is 2.14 bits per heavy atom. The van der Waals surface area contributed by atoms with E-state index in [1.807, 2.05) is 0 Å². The van der Waals surface area contributed by atoms with Gasteiger partial charge in [0.2, 0.25) is 0 Å². The van der Waals surface area contributed by atoms with Crippen LogP contribution < -0.4 is 5.32 Å². The van der Waals surface area contributed by atoms with Crippen molar-refractivity contribution in [3.05, 3.63) is 0 Å². The van der Waals surface area contributed by atoms with Crippen molar-refractivity contribution in [1.29, 1.82) is 0 Å². The second-order valence-corrected chi connectivity index (χ2v) is 4.54. The third-order valence-electron chi connectivity index (χ3n) is 3.44. The predicted molar refractivity (Wildman–Crippen MR) is 57.2 cm³/mol. The fourth-order valence-corrected chi connectivity index (χ4v) is 2.19. The number of rotatable bonds is 5. The highest BCUT2D eigenvalue weighted by Gasteiger charge is 2.29. The Morgan fingerprint density at radius 3 is 2.64 bits per heavy atom. The standard InChI is InChI=1S/C11H23NO2/c1-8-4-5-11(9(8)2)12-6-10(13)7-14-3/h8-13H,4-7H2,1-3H3. The molecule has 1 aliphatic rings. The maximum Gasteiger partial charge on any atom is 0.0897 e. The summed E-state index contributed by atoms with van der Waals surface area (Å²) in [5.74, 6) is 1.54. The lowest BCUT2D eigenvalue weighted by atomic mass is 9.98. The summed E-state index contributed by atoms with van der Waals surface area (Å²) < 4.78 is 4.88. The molecule has 0 aromatic rings. The smallest absolute Gasteiger partial charge is 0.0897 e. The Hall–Kier alpha value is -0.120. The summed E-state index contributed by atoms with van der Waals surface area (Å²) in [6.45, 7) is 5.66. The molecule has 0 aliphatic heterocycles. The number of aliphatic hydroxyl groups excluding tert-OH is 1. The van der Waals surface area contributed by atoms with Gasteiger partial charge in [-0.25, -0.2) is 0 Å². The van der Waals surface area contributed by atoms with Crippen molar-refractivity contribution in [3.63, 3.8) is 0 Å². The van der Waals surface area contributed by atoms with E-state index < -0.39 is 0 Å². The summed E-state index contributed by atoms with van der Waals surface area (Å²) >= 11 is 0. The first-order valence-electron chi connectivity index (χ1n) is 5.55. The second-order valence-electron chi connectivity index (χ2n) is 4.54. The predicted octanol–water partition coefficient (Wildman–Crippen LogP) is 1.02. The molecule has 1 fully saturated rings. The molecule has 0 spiro atoms. The molecule has 14 heavy (non-hydrogen) atoms. The molecule has 0 amide bonds. The van der Waals surface area contributed by atoms with E-state index in [0.29, 0.717) is 19.2 Å². The fourth-order valence-electron chi connectivity index (χ4n) is 2.19. The van der Waals surface area contributed by atoms with Crippen molar-refractivity contribution in [2.24, 2.45) is 11.8 Å². The minimum Gasteiger partial charge on any atom is -0.389 e. The molecule has 3 heteroatoms. The Bertz CT molecular complexity index is 163. The molecule has 0 heterocycles. The van der Waals surface area contributed by atoms with Crippen molar-refractivity contribution in [1.82, 2.24) is 5.32 Å². The maximum absolute atomic E-state index is 9.47. The van der Waals surface area contributed by atoms with Crippen molar-refractivity contribution >= 4 is 0 Å². The summed E-state index contributed by atoms with van der Waals surface area (Å²) in [6, 6.07) is 0.580. The molecule has 4 unspecified atom stereocenters. The van der Waals surface area contributed by atoms with E-state index in [-0.39, 0.29) is 6.10 Å². The van der Waals surface area contributed by atoms with Crippen molar-refractivity contribution in [3.8, 4) is 0 Å². The first-order chi connectivity index (χ1) is 6.65. The Morgan fingerprint density at radius 1 is 1.43 bits per heavy atom. The lowest BCUT2D eigenvalue weighted by Crippen LogP contribution is -2.39. The van der Waals surface area contributed by atoms with Crippen LogP contribution in [0.2, 0.25) is 0 Å². The van der Waals surface area contributed by atoms with Crippen LogP contribution in [-0.2, 0) is 4.74 Å². The van der Waals surface area contributed by atoms with Gasteiger partial charge < -0.3 is 15.2 Å². The number of hydrogen-bond donors (Lipinski definition) is 2. The summed E-state index contributed by atoms with van der Waals surface area (Å²) in [4.78, 5) is 0. The van der Waals surface area contributed by atoms with Crippen LogP contribution in [0.1, 0.15) is 26.7 Å². The van der Waals surface area contributed by atoms with E-state index in [1.54, 1.807) is 7.11 Å². The van der Waals surface area contributed by atoms with Crippen molar-refractivity contribution in [2.45, 2.75) is 38.8 Å². The Kier molecular flexibility index (Phi) is 4.85. The maximum atomic E-state index is 9.47. The normalized spacial score (nSPS) is 34.7. The highest BCUT2D eigenvalue weighted by Crippen LogP contribution is 2.30. The Balaban J connectivity index is 2.18. The van der Waals surface area contributed by atoms with Gasteiger partial charge in [0.25, 0.3) is 0 Å². The van der Waals surface area contributed by atoms with E-state index in [9.17, 15) is 5.11 Å². The van der Waals surface area contributed by atoms with Crippen LogP contribution in [0.3, 0.4) is 0 Å². The molecule has 1 saturated carbocycles. The molecule has 1 aliphatic carbocycles. The van der Waals surface area contributed by atoms with Crippen LogP contribution in [0, 0.1) is 11.8 Å². The number of methoxy groups -OCH3 is 1. The zero-order chi connectivity index (χ0) is 10.6. The molecule has 0 bridgehead atoms. The van der Waals surface area contributed by atoms with Gasteiger partial charge in [0, 0.05) is 19.7 Å². The monoisotopic (exact) mass is 201 g/mol. The molecule has 0 saturated heterocycles. The summed E-state index contributed by atoms with van der Waals surface area (Å²) in [5, 5.41) is 12.9. The van der Waals surface area contributed by atoms with Crippen LogP contribution in [0.5, 0.6) is 0 Å². The average molecular weight is 201 g/mol. The lowest BCUT2D eigenvalue weighted by Gasteiger charge is -2.21. The third-order valence-corrected chi connectivity index (χ3v) is 3.44. The zero-order valence-electron chi connectivity index (χ0n) is 9.49. The molecular formula is C11H23NO2. The molecule has 0 aromatic heterocycles. The molecule has 84 valence electrons. The highest BCUT2D eigenvalue weighted by molar-refractivity contribution is 4.85. The molecule has 2 N–H and O–H groups in total.